The molecular formula is C16H25NO3. The first-order valence-electron chi connectivity index (χ1n) is 7.19. The van der Waals surface area contributed by atoms with E-state index >= 15 is 0 Å². The lowest BCUT2D eigenvalue weighted by Gasteiger charge is -2.20. The van der Waals surface area contributed by atoms with Gasteiger partial charge in [0.2, 0.25) is 0 Å². The third-order valence-corrected chi connectivity index (χ3v) is 3.15. The molecule has 1 rings (SSSR count). The van der Waals surface area contributed by atoms with Gasteiger partial charge in [0, 0.05) is 11.6 Å². The van der Waals surface area contributed by atoms with Gasteiger partial charge in [0.05, 0.1) is 6.10 Å². The van der Waals surface area contributed by atoms with Gasteiger partial charge in [-0.2, -0.15) is 0 Å². The third-order valence-electron chi connectivity index (χ3n) is 3.15. The van der Waals surface area contributed by atoms with Crippen LogP contribution in [0.5, 0.6) is 5.75 Å². The normalized spacial score (nSPS) is 15.2. The minimum absolute atomic E-state index is 0.133. The van der Waals surface area contributed by atoms with Crippen molar-refractivity contribution in [3.63, 3.8) is 0 Å². The molecule has 2 N–H and O–H groups in total. The number of rotatable bonds is 7. The van der Waals surface area contributed by atoms with Gasteiger partial charge in [0.25, 0.3) is 5.91 Å². The van der Waals surface area contributed by atoms with Gasteiger partial charge in [-0.1, -0.05) is 31.5 Å². The van der Waals surface area contributed by atoms with Crippen LogP contribution in [0.4, 0.5) is 0 Å². The molecule has 0 aliphatic heterocycles. The average molecular weight is 279 g/mol. The second-order valence-corrected chi connectivity index (χ2v) is 5.17. The molecule has 0 aromatic heterocycles. The minimum Gasteiger partial charge on any atom is -0.481 e. The van der Waals surface area contributed by atoms with E-state index in [1.54, 1.807) is 26.0 Å². The van der Waals surface area contributed by atoms with Crippen molar-refractivity contribution in [2.45, 2.75) is 58.8 Å². The number of amides is 1. The zero-order valence-corrected chi connectivity index (χ0v) is 12.7. The number of nitrogens with one attached hydrogen (secondary N) is 1. The van der Waals surface area contributed by atoms with Crippen molar-refractivity contribution >= 4 is 5.91 Å². The van der Waals surface area contributed by atoms with E-state index in [1.807, 2.05) is 19.1 Å². The summed E-state index contributed by atoms with van der Waals surface area (Å²) in [6.45, 7) is 7.46. The molecule has 0 heterocycles. The maximum atomic E-state index is 12.0. The molecule has 0 spiro atoms. The zero-order valence-electron chi connectivity index (χ0n) is 12.7. The molecule has 4 nitrogen and oxygen atoms in total. The molecular weight excluding hydrogens is 254 g/mol. The van der Waals surface area contributed by atoms with E-state index in [0.717, 1.165) is 12.8 Å². The van der Waals surface area contributed by atoms with Crippen molar-refractivity contribution in [3.05, 3.63) is 29.8 Å². The number of benzene rings is 1. The topological polar surface area (TPSA) is 58.6 Å². The summed E-state index contributed by atoms with van der Waals surface area (Å²) in [6, 6.07) is 7.37. The maximum absolute atomic E-state index is 12.0. The lowest BCUT2D eigenvalue weighted by molar-refractivity contribution is -0.128. The van der Waals surface area contributed by atoms with E-state index in [2.05, 4.69) is 12.2 Å². The smallest absolute Gasteiger partial charge is 0.260 e. The summed E-state index contributed by atoms with van der Waals surface area (Å²) < 4.78 is 5.68. The highest BCUT2D eigenvalue weighted by atomic mass is 16.5. The number of carbonyl (C=O) groups excluding carboxylic acids is 1. The van der Waals surface area contributed by atoms with Gasteiger partial charge in [0.15, 0.2) is 6.10 Å². The number of carbonyl (C=O) groups is 1. The van der Waals surface area contributed by atoms with Crippen molar-refractivity contribution in [2.24, 2.45) is 0 Å². The molecule has 1 aromatic rings. The molecule has 3 atom stereocenters. The predicted octanol–water partition coefficient (Wildman–Crippen LogP) is 2.81. The van der Waals surface area contributed by atoms with Gasteiger partial charge < -0.3 is 15.2 Å². The van der Waals surface area contributed by atoms with Crippen molar-refractivity contribution in [1.82, 2.24) is 5.32 Å². The van der Waals surface area contributed by atoms with Crippen LogP contribution in [-0.4, -0.2) is 23.2 Å². The zero-order chi connectivity index (χ0) is 15.1. The second kappa shape index (κ2) is 7.90. The number of para-hydroxylation sites is 1. The first kappa shape index (κ1) is 16.5. The molecule has 112 valence electrons. The number of hydrogen-bond donors (Lipinski definition) is 2. The molecule has 4 heteroatoms. The van der Waals surface area contributed by atoms with Crippen LogP contribution in [0, 0.1) is 0 Å². The quantitative estimate of drug-likeness (QED) is 0.807. The summed E-state index contributed by atoms with van der Waals surface area (Å²) in [4.78, 5) is 12.0. The van der Waals surface area contributed by atoms with Crippen molar-refractivity contribution in [2.75, 3.05) is 0 Å². The van der Waals surface area contributed by atoms with Gasteiger partial charge >= 0.3 is 0 Å². The van der Waals surface area contributed by atoms with Gasteiger partial charge in [-0.15, -0.1) is 0 Å². The van der Waals surface area contributed by atoms with Crippen LogP contribution in [0.1, 0.15) is 52.2 Å². The van der Waals surface area contributed by atoms with E-state index in [9.17, 15) is 9.90 Å². The fourth-order valence-electron chi connectivity index (χ4n) is 2.04. The largest absolute Gasteiger partial charge is 0.481 e. The second-order valence-electron chi connectivity index (χ2n) is 5.17. The number of aliphatic hydroxyl groups excluding tert-OH is 1. The van der Waals surface area contributed by atoms with E-state index in [0.29, 0.717) is 11.3 Å². The Balaban J connectivity index is 2.66. The van der Waals surface area contributed by atoms with Crippen LogP contribution in [0.15, 0.2) is 24.3 Å². The Labute approximate surface area is 121 Å². The van der Waals surface area contributed by atoms with Crippen LogP contribution in [-0.2, 0) is 4.79 Å². The Bertz CT molecular complexity index is 431. The molecule has 0 bridgehead atoms. The standard InChI is InChI=1S/C16H25NO3/c1-5-8-11(2)17-16(19)13(4)20-15-10-7-6-9-14(15)12(3)18/h6-7,9-13,18H,5,8H2,1-4H3,(H,17,19). The van der Waals surface area contributed by atoms with Crippen molar-refractivity contribution in [3.8, 4) is 5.75 Å². The fourth-order valence-corrected chi connectivity index (χ4v) is 2.04. The van der Waals surface area contributed by atoms with Gasteiger partial charge in [0.1, 0.15) is 5.75 Å². The summed E-state index contributed by atoms with van der Waals surface area (Å²) in [6.07, 6.45) is 0.763. The first-order valence-corrected chi connectivity index (χ1v) is 7.19. The first-order chi connectivity index (χ1) is 9.45. The average Bonchev–Trinajstić information content (AvgIpc) is 2.39. The highest BCUT2D eigenvalue weighted by molar-refractivity contribution is 5.81. The van der Waals surface area contributed by atoms with Crippen LogP contribution in [0.2, 0.25) is 0 Å². The summed E-state index contributed by atoms with van der Waals surface area (Å²) in [7, 11) is 0. The van der Waals surface area contributed by atoms with Crippen molar-refractivity contribution in [1.29, 1.82) is 0 Å². The number of hydrogen-bond acceptors (Lipinski definition) is 3. The molecule has 0 fully saturated rings. The molecule has 0 radical (unpaired) electrons. The van der Waals surface area contributed by atoms with Crippen molar-refractivity contribution < 1.29 is 14.6 Å². The van der Waals surface area contributed by atoms with Gasteiger partial charge in [-0.05, 0) is 33.3 Å². The Hall–Kier alpha value is -1.55. The summed E-state index contributed by atoms with van der Waals surface area (Å²) in [5, 5.41) is 12.6. The van der Waals surface area contributed by atoms with Crippen LogP contribution in [0.3, 0.4) is 0 Å². The third kappa shape index (κ3) is 4.85. The summed E-state index contributed by atoms with van der Waals surface area (Å²) in [5.74, 6) is 0.416. The molecule has 3 unspecified atom stereocenters. The highest BCUT2D eigenvalue weighted by Gasteiger charge is 2.18. The van der Waals surface area contributed by atoms with Crippen LogP contribution < -0.4 is 10.1 Å². The molecule has 0 saturated heterocycles. The Morgan fingerprint density at radius 1 is 1.30 bits per heavy atom. The lowest BCUT2D eigenvalue weighted by Crippen LogP contribution is -2.41. The van der Waals surface area contributed by atoms with E-state index in [4.69, 9.17) is 4.74 Å². The van der Waals surface area contributed by atoms with E-state index < -0.39 is 12.2 Å². The maximum Gasteiger partial charge on any atom is 0.260 e. The summed E-state index contributed by atoms with van der Waals surface area (Å²) >= 11 is 0. The number of ether oxygens (including phenoxy) is 1. The fraction of sp³-hybridized carbons (Fsp3) is 0.562. The predicted molar refractivity (Wildman–Crippen MR) is 79.7 cm³/mol. The highest BCUT2D eigenvalue weighted by Crippen LogP contribution is 2.25. The van der Waals surface area contributed by atoms with Gasteiger partial charge in [-0.3, -0.25) is 4.79 Å². The molecule has 0 aliphatic rings. The molecule has 0 aliphatic carbocycles. The van der Waals surface area contributed by atoms with Crippen LogP contribution in [0.25, 0.3) is 0 Å². The minimum atomic E-state index is -0.625. The lowest BCUT2D eigenvalue weighted by atomic mass is 10.1. The van der Waals surface area contributed by atoms with Crippen LogP contribution >= 0.6 is 0 Å². The van der Waals surface area contributed by atoms with E-state index in [1.165, 1.54) is 0 Å². The molecule has 1 aromatic carbocycles. The Kier molecular flexibility index (Phi) is 6.52. The molecule has 1 amide bonds. The monoisotopic (exact) mass is 279 g/mol. The molecule has 0 saturated carbocycles. The van der Waals surface area contributed by atoms with Gasteiger partial charge in [-0.25, -0.2) is 0 Å². The Morgan fingerprint density at radius 3 is 2.55 bits per heavy atom. The SMILES string of the molecule is CCCC(C)NC(=O)C(C)Oc1ccccc1C(C)O. The molecule has 20 heavy (non-hydrogen) atoms. The number of aliphatic hydroxyl groups is 1. The summed E-state index contributed by atoms with van der Waals surface area (Å²) in [5.41, 5.74) is 0.689. The Morgan fingerprint density at radius 2 is 1.95 bits per heavy atom. The van der Waals surface area contributed by atoms with E-state index in [-0.39, 0.29) is 11.9 Å².